The Bertz CT molecular complexity index is 400. The molecule has 6 heteroatoms. The third-order valence-electron chi connectivity index (χ3n) is 4.04. The molecule has 2 aliphatic carbocycles. The summed E-state index contributed by atoms with van der Waals surface area (Å²) in [6.45, 7) is 0. The van der Waals surface area contributed by atoms with Crippen LogP contribution in [0.1, 0.15) is 32.1 Å². The zero-order chi connectivity index (χ0) is 14.5. The molecule has 3 N–H and O–H groups in total. The summed E-state index contributed by atoms with van der Waals surface area (Å²) in [5.74, 6) is -1.31. The summed E-state index contributed by atoms with van der Waals surface area (Å²) in [4.78, 5) is 22.8. The molecule has 2 amide bonds. The van der Waals surface area contributed by atoms with Crippen molar-refractivity contribution in [1.82, 2.24) is 10.6 Å². The third-order valence-corrected chi connectivity index (χ3v) is 5.21. The first-order valence-electron chi connectivity index (χ1n) is 7.11. The zero-order valence-corrected chi connectivity index (χ0v) is 12.5. The average Bonchev–Trinajstić information content (AvgIpc) is 2.88. The van der Waals surface area contributed by atoms with Crippen molar-refractivity contribution in [1.29, 1.82) is 0 Å². The molecule has 2 rings (SSSR count). The molecule has 20 heavy (non-hydrogen) atoms. The van der Waals surface area contributed by atoms with E-state index in [1.807, 2.05) is 11.8 Å². The molecule has 4 unspecified atom stereocenters. The maximum atomic E-state index is 12.0. The van der Waals surface area contributed by atoms with Crippen LogP contribution in [0.4, 0.5) is 4.79 Å². The van der Waals surface area contributed by atoms with Gasteiger partial charge < -0.3 is 15.7 Å². The predicted octanol–water partition coefficient (Wildman–Crippen LogP) is 1.99. The van der Waals surface area contributed by atoms with Crippen LogP contribution < -0.4 is 10.6 Å². The van der Waals surface area contributed by atoms with Crippen molar-refractivity contribution in [2.45, 2.75) is 49.4 Å². The van der Waals surface area contributed by atoms with E-state index in [1.54, 1.807) is 12.2 Å². The van der Waals surface area contributed by atoms with Crippen molar-refractivity contribution in [3.05, 3.63) is 12.2 Å². The Morgan fingerprint density at radius 1 is 1.20 bits per heavy atom. The molecule has 0 saturated heterocycles. The number of amides is 2. The van der Waals surface area contributed by atoms with Crippen LogP contribution in [0.3, 0.4) is 0 Å². The molecule has 4 atom stereocenters. The Hall–Kier alpha value is -1.17. The molecule has 0 aromatic carbocycles. The van der Waals surface area contributed by atoms with Crippen LogP contribution in [0, 0.1) is 5.92 Å². The Balaban J connectivity index is 1.78. The normalized spacial score (nSPS) is 32.9. The summed E-state index contributed by atoms with van der Waals surface area (Å²) in [6.07, 6.45) is 10.5. The van der Waals surface area contributed by atoms with E-state index < -0.39 is 11.9 Å². The number of carbonyl (C=O) groups excluding carboxylic acids is 1. The van der Waals surface area contributed by atoms with Crippen molar-refractivity contribution in [2.24, 2.45) is 5.92 Å². The number of carbonyl (C=O) groups is 2. The van der Waals surface area contributed by atoms with E-state index in [4.69, 9.17) is 5.11 Å². The first-order chi connectivity index (χ1) is 9.60. The third kappa shape index (κ3) is 3.91. The fourth-order valence-corrected chi connectivity index (χ4v) is 3.85. The summed E-state index contributed by atoms with van der Waals surface area (Å²) in [6, 6.07) is -0.136. The number of aliphatic carboxylic acids is 1. The summed E-state index contributed by atoms with van der Waals surface area (Å²) in [7, 11) is 0. The molecular weight excluding hydrogens is 276 g/mol. The van der Waals surface area contributed by atoms with Crippen LogP contribution in [-0.2, 0) is 4.79 Å². The number of hydrogen-bond acceptors (Lipinski definition) is 3. The van der Waals surface area contributed by atoms with Gasteiger partial charge in [0.05, 0.1) is 12.0 Å². The molecule has 5 nitrogen and oxygen atoms in total. The molecule has 0 spiro atoms. The SMILES string of the molecule is CSC1CCCCC1NC(=O)NC1C=CC(C(=O)O)C1. The first kappa shape index (κ1) is 15.2. The van der Waals surface area contributed by atoms with Gasteiger partial charge in [0.1, 0.15) is 0 Å². The highest BCUT2D eigenvalue weighted by molar-refractivity contribution is 7.99. The van der Waals surface area contributed by atoms with E-state index in [9.17, 15) is 9.59 Å². The van der Waals surface area contributed by atoms with E-state index in [1.165, 1.54) is 6.42 Å². The number of urea groups is 1. The Morgan fingerprint density at radius 3 is 2.60 bits per heavy atom. The predicted molar refractivity (Wildman–Crippen MR) is 79.9 cm³/mol. The van der Waals surface area contributed by atoms with Crippen molar-refractivity contribution in [3.63, 3.8) is 0 Å². The molecule has 1 fully saturated rings. The van der Waals surface area contributed by atoms with Gasteiger partial charge in [-0.05, 0) is 25.5 Å². The molecule has 0 aromatic heterocycles. The minimum Gasteiger partial charge on any atom is -0.481 e. The van der Waals surface area contributed by atoms with Gasteiger partial charge in [-0.1, -0.05) is 25.0 Å². The van der Waals surface area contributed by atoms with Gasteiger partial charge in [-0.2, -0.15) is 11.8 Å². The lowest BCUT2D eigenvalue weighted by Gasteiger charge is -2.31. The lowest BCUT2D eigenvalue weighted by molar-refractivity contribution is -0.140. The second kappa shape index (κ2) is 7.02. The van der Waals surface area contributed by atoms with Gasteiger partial charge in [-0.3, -0.25) is 4.79 Å². The number of carboxylic acids is 1. The van der Waals surface area contributed by atoms with Gasteiger partial charge in [-0.25, -0.2) is 4.79 Å². The van der Waals surface area contributed by atoms with Crippen LogP contribution in [0.2, 0.25) is 0 Å². The van der Waals surface area contributed by atoms with E-state index in [0.717, 1.165) is 19.3 Å². The van der Waals surface area contributed by atoms with Crippen molar-refractivity contribution in [3.8, 4) is 0 Å². The highest BCUT2D eigenvalue weighted by atomic mass is 32.2. The molecule has 0 heterocycles. The topological polar surface area (TPSA) is 78.4 Å². The fraction of sp³-hybridized carbons (Fsp3) is 0.714. The van der Waals surface area contributed by atoms with Gasteiger partial charge >= 0.3 is 12.0 Å². The van der Waals surface area contributed by atoms with Gasteiger partial charge in [0.15, 0.2) is 0 Å². The Morgan fingerprint density at radius 2 is 1.95 bits per heavy atom. The second-order valence-corrected chi connectivity index (χ2v) is 6.53. The minimum absolute atomic E-state index is 0.174. The maximum Gasteiger partial charge on any atom is 0.315 e. The minimum atomic E-state index is -0.833. The second-order valence-electron chi connectivity index (χ2n) is 5.45. The highest BCUT2D eigenvalue weighted by Crippen LogP contribution is 2.27. The van der Waals surface area contributed by atoms with Gasteiger partial charge in [0, 0.05) is 11.3 Å². The number of hydrogen-bond donors (Lipinski definition) is 3. The average molecular weight is 298 g/mol. The largest absolute Gasteiger partial charge is 0.481 e. The number of carboxylic acid groups (broad SMARTS) is 1. The highest BCUT2D eigenvalue weighted by Gasteiger charge is 2.28. The van der Waals surface area contributed by atoms with Gasteiger partial charge in [0.2, 0.25) is 0 Å². The number of rotatable bonds is 4. The van der Waals surface area contributed by atoms with Crippen LogP contribution in [0.5, 0.6) is 0 Å². The summed E-state index contributed by atoms with van der Waals surface area (Å²) >= 11 is 1.81. The summed E-state index contributed by atoms with van der Waals surface area (Å²) in [5.41, 5.74) is 0. The lowest BCUT2D eigenvalue weighted by Crippen LogP contribution is -2.50. The molecular formula is C14H22N2O3S. The molecule has 2 aliphatic rings. The summed E-state index contributed by atoms with van der Waals surface area (Å²) in [5, 5.41) is 15.3. The molecule has 0 aromatic rings. The lowest BCUT2D eigenvalue weighted by atomic mass is 9.95. The quantitative estimate of drug-likeness (QED) is 0.694. The van der Waals surface area contributed by atoms with Crippen molar-refractivity contribution in [2.75, 3.05) is 6.26 Å². The molecule has 0 bridgehead atoms. The maximum absolute atomic E-state index is 12.0. The van der Waals surface area contributed by atoms with E-state index in [2.05, 4.69) is 16.9 Å². The zero-order valence-electron chi connectivity index (χ0n) is 11.7. The van der Waals surface area contributed by atoms with Crippen LogP contribution in [0.15, 0.2) is 12.2 Å². The monoisotopic (exact) mass is 298 g/mol. The van der Waals surface area contributed by atoms with Crippen LogP contribution >= 0.6 is 11.8 Å². The smallest absolute Gasteiger partial charge is 0.315 e. The van der Waals surface area contributed by atoms with Crippen LogP contribution in [-0.4, -0.2) is 40.7 Å². The van der Waals surface area contributed by atoms with E-state index in [-0.39, 0.29) is 18.1 Å². The molecule has 0 radical (unpaired) electrons. The van der Waals surface area contributed by atoms with E-state index >= 15 is 0 Å². The molecule has 0 aliphatic heterocycles. The van der Waals surface area contributed by atoms with Crippen LogP contribution in [0.25, 0.3) is 0 Å². The Labute approximate surface area is 123 Å². The standard InChI is InChI=1S/C14H22N2O3S/c1-20-12-5-3-2-4-11(12)16-14(19)15-10-7-6-9(8-10)13(17)18/h6-7,9-12H,2-5,8H2,1H3,(H,17,18)(H2,15,16,19). The van der Waals surface area contributed by atoms with Crippen molar-refractivity contribution < 1.29 is 14.7 Å². The molecule has 1 saturated carbocycles. The Kier molecular flexibility index (Phi) is 5.34. The first-order valence-corrected chi connectivity index (χ1v) is 8.40. The van der Waals surface area contributed by atoms with E-state index in [0.29, 0.717) is 11.7 Å². The van der Waals surface area contributed by atoms with Gasteiger partial charge in [0.25, 0.3) is 0 Å². The molecule has 112 valence electrons. The number of nitrogens with one attached hydrogen (secondary N) is 2. The number of thioether (sulfide) groups is 1. The van der Waals surface area contributed by atoms with Crippen molar-refractivity contribution >= 4 is 23.8 Å². The van der Waals surface area contributed by atoms with Gasteiger partial charge in [-0.15, -0.1) is 0 Å². The fourth-order valence-electron chi connectivity index (χ4n) is 2.91. The summed E-state index contributed by atoms with van der Waals surface area (Å²) < 4.78 is 0.